The fourth-order valence-electron chi connectivity index (χ4n) is 2.88. The SMILES string of the molecule is Cc1cccc(NC(=O)C(C)(C)c2c[nH]c3ccccc23)c1C. The molecule has 118 valence electrons. The molecule has 1 heterocycles. The van der Waals surface area contributed by atoms with E-state index in [1.807, 2.05) is 63.4 Å². The number of para-hydroxylation sites is 1. The molecule has 0 radical (unpaired) electrons. The lowest BCUT2D eigenvalue weighted by Gasteiger charge is -2.24. The van der Waals surface area contributed by atoms with Gasteiger partial charge in [0.25, 0.3) is 0 Å². The molecule has 3 rings (SSSR count). The number of aromatic amines is 1. The lowest BCUT2D eigenvalue weighted by atomic mass is 9.83. The zero-order valence-electron chi connectivity index (χ0n) is 14.0. The number of carbonyl (C=O) groups is 1. The Hall–Kier alpha value is -2.55. The summed E-state index contributed by atoms with van der Waals surface area (Å²) < 4.78 is 0. The molecule has 3 aromatic rings. The van der Waals surface area contributed by atoms with Crippen LogP contribution in [0.3, 0.4) is 0 Å². The predicted octanol–water partition coefficient (Wildman–Crippen LogP) is 4.70. The summed E-state index contributed by atoms with van der Waals surface area (Å²) in [6.07, 6.45) is 1.94. The Bertz CT molecular complexity index is 874. The quantitative estimate of drug-likeness (QED) is 0.723. The van der Waals surface area contributed by atoms with E-state index in [2.05, 4.69) is 23.3 Å². The van der Waals surface area contributed by atoms with E-state index in [-0.39, 0.29) is 5.91 Å². The van der Waals surface area contributed by atoms with Gasteiger partial charge in [-0.15, -0.1) is 0 Å². The summed E-state index contributed by atoms with van der Waals surface area (Å²) in [6, 6.07) is 14.0. The van der Waals surface area contributed by atoms with Crippen molar-refractivity contribution in [3.63, 3.8) is 0 Å². The number of amides is 1. The second-order valence-electron chi connectivity index (χ2n) is 6.57. The molecule has 2 N–H and O–H groups in total. The number of aryl methyl sites for hydroxylation is 1. The maximum absolute atomic E-state index is 12.9. The van der Waals surface area contributed by atoms with Gasteiger partial charge in [-0.3, -0.25) is 4.79 Å². The van der Waals surface area contributed by atoms with Crippen molar-refractivity contribution in [2.75, 3.05) is 5.32 Å². The van der Waals surface area contributed by atoms with Crippen LogP contribution in [0.25, 0.3) is 10.9 Å². The van der Waals surface area contributed by atoms with E-state index in [1.165, 1.54) is 5.56 Å². The Morgan fingerprint density at radius 2 is 1.78 bits per heavy atom. The molecule has 0 bridgehead atoms. The molecular formula is C20H22N2O. The third kappa shape index (κ3) is 2.63. The normalized spacial score (nSPS) is 11.7. The maximum Gasteiger partial charge on any atom is 0.234 e. The van der Waals surface area contributed by atoms with Crippen molar-refractivity contribution in [3.8, 4) is 0 Å². The first kappa shape index (κ1) is 15.3. The molecule has 3 heteroatoms. The standard InChI is InChI=1S/C20H22N2O/c1-13-8-7-11-17(14(13)2)22-19(23)20(3,4)16-12-21-18-10-6-5-9-15(16)18/h5-12,21H,1-4H3,(H,22,23). The van der Waals surface area contributed by atoms with Crippen LogP contribution in [0.2, 0.25) is 0 Å². The number of fused-ring (bicyclic) bond motifs is 1. The van der Waals surface area contributed by atoms with Crippen molar-refractivity contribution in [2.45, 2.75) is 33.1 Å². The number of nitrogens with one attached hydrogen (secondary N) is 2. The van der Waals surface area contributed by atoms with E-state index in [0.29, 0.717) is 0 Å². The average molecular weight is 306 g/mol. The number of aromatic nitrogens is 1. The second kappa shape index (κ2) is 5.58. The molecule has 2 aromatic carbocycles. The predicted molar refractivity (Wildman–Crippen MR) is 95.9 cm³/mol. The molecule has 0 fully saturated rings. The van der Waals surface area contributed by atoms with E-state index in [9.17, 15) is 4.79 Å². The summed E-state index contributed by atoms with van der Waals surface area (Å²) >= 11 is 0. The van der Waals surface area contributed by atoms with Crippen molar-refractivity contribution >= 4 is 22.5 Å². The maximum atomic E-state index is 12.9. The van der Waals surface area contributed by atoms with Crippen LogP contribution in [-0.4, -0.2) is 10.9 Å². The minimum atomic E-state index is -0.629. The third-order valence-electron chi connectivity index (χ3n) is 4.68. The minimum absolute atomic E-state index is 0.00375. The monoisotopic (exact) mass is 306 g/mol. The average Bonchev–Trinajstić information content (AvgIpc) is 2.96. The number of anilines is 1. The summed E-state index contributed by atoms with van der Waals surface area (Å²) in [4.78, 5) is 16.2. The lowest BCUT2D eigenvalue weighted by Crippen LogP contribution is -2.34. The summed E-state index contributed by atoms with van der Waals surface area (Å²) in [6.45, 7) is 8.01. The first-order valence-corrected chi connectivity index (χ1v) is 7.85. The summed E-state index contributed by atoms with van der Waals surface area (Å²) in [5.41, 5.74) is 4.59. The van der Waals surface area contributed by atoms with Crippen LogP contribution in [0.5, 0.6) is 0 Å². The third-order valence-corrected chi connectivity index (χ3v) is 4.68. The van der Waals surface area contributed by atoms with Gasteiger partial charge >= 0.3 is 0 Å². The Labute approximate surface area is 136 Å². The summed E-state index contributed by atoms with van der Waals surface area (Å²) in [5, 5.41) is 4.18. The molecule has 0 atom stereocenters. The van der Waals surface area contributed by atoms with Crippen molar-refractivity contribution in [1.82, 2.24) is 4.98 Å². The Balaban J connectivity index is 1.96. The van der Waals surface area contributed by atoms with Gasteiger partial charge in [0.15, 0.2) is 0 Å². The van der Waals surface area contributed by atoms with E-state index in [0.717, 1.165) is 27.7 Å². The fraction of sp³-hybridized carbons (Fsp3) is 0.250. The first-order valence-electron chi connectivity index (χ1n) is 7.85. The van der Waals surface area contributed by atoms with Crippen molar-refractivity contribution in [3.05, 3.63) is 65.4 Å². The van der Waals surface area contributed by atoms with Gasteiger partial charge in [-0.1, -0.05) is 30.3 Å². The van der Waals surface area contributed by atoms with Gasteiger partial charge in [0, 0.05) is 22.8 Å². The van der Waals surface area contributed by atoms with Crippen LogP contribution in [-0.2, 0) is 10.2 Å². The fourth-order valence-corrected chi connectivity index (χ4v) is 2.88. The Morgan fingerprint density at radius 1 is 1.04 bits per heavy atom. The lowest BCUT2D eigenvalue weighted by molar-refractivity contribution is -0.120. The van der Waals surface area contributed by atoms with Crippen molar-refractivity contribution in [2.24, 2.45) is 0 Å². The Morgan fingerprint density at radius 3 is 2.57 bits per heavy atom. The van der Waals surface area contributed by atoms with Crippen LogP contribution in [0, 0.1) is 13.8 Å². The van der Waals surface area contributed by atoms with Crippen LogP contribution in [0.15, 0.2) is 48.7 Å². The van der Waals surface area contributed by atoms with Gasteiger partial charge in [-0.05, 0) is 56.5 Å². The summed E-state index contributed by atoms with van der Waals surface area (Å²) in [7, 11) is 0. The molecular weight excluding hydrogens is 284 g/mol. The highest BCUT2D eigenvalue weighted by molar-refractivity contribution is 6.02. The van der Waals surface area contributed by atoms with Crippen molar-refractivity contribution < 1.29 is 4.79 Å². The highest BCUT2D eigenvalue weighted by Crippen LogP contribution is 2.32. The number of rotatable bonds is 3. The molecule has 0 aliphatic rings. The molecule has 0 aliphatic heterocycles. The molecule has 0 aliphatic carbocycles. The van der Waals surface area contributed by atoms with E-state index in [1.54, 1.807) is 0 Å². The highest BCUT2D eigenvalue weighted by Gasteiger charge is 2.32. The zero-order valence-corrected chi connectivity index (χ0v) is 14.0. The molecule has 0 unspecified atom stereocenters. The molecule has 1 amide bonds. The van der Waals surface area contributed by atoms with Gasteiger partial charge in [0.2, 0.25) is 5.91 Å². The molecule has 0 saturated heterocycles. The van der Waals surface area contributed by atoms with Crippen LogP contribution >= 0.6 is 0 Å². The van der Waals surface area contributed by atoms with Crippen LogP contribution in [0.1, 0.15) is 30.5 Å². The van der Waals surface area contributed by atoms with Gasteiger partial charge in [-0.25, -0.2) is 0 Å². The molecule has 0 spiro atoms. The topological polar surface area (TPSA) is 44.9 Å². The first-order chi connectivity index (χ1) is 10.9. The van der Waals surface area contributed by atoms with Gasteiger partial charge in [-0.2, -0.15) is 0 Å². The number of hydrogen-bond donors (Lipinski definition) is 2. The number of benzene rings is 2. The molecule has 1 aromatic heterocycles. The molecule has 3 nitrogen and oxygen atoms in total. The van der Waals surface area contributed by atoms with Crippen molar-refractivity contribution in [1.29, 1.82) is 0 Å². The molecule has 0 saturated carbocycles. The van der Waals surface area contributed by atoms with Gasteiger partial charge < -0.3 is 10.3 Å². The highest BCUT2D eigenvalue weighted by atomic mass is 16.2. The summed E-state index contributed by atoms with van der Waals surface area (Å²) in [5.74, 6) is -0.00375. The number of H-pyrrole nitrogens is 1. The molecule has 23 heavy (non-hydrogen) atoms. The van der Waals surface area contributed by atoms with Gasteiger partial charge in [0.05, 0.1) is 5.41 Å². The number of hydrogen-bond acceptors (Lipinski definition) is 1. The largest absolute Gasteiger partial charge is 0.361 e. The van der Waals surface area contributed by atoms with Crippen LogP contribution in [0.4, 0.5) is 5.69 Å². The smallest absolute Gasteiger partial charge is 0.234 e. The zero-order chi connectivity index (χ0) is 16.6. The van der Waals surface area contributed by atoms with E-state index in [4.69, 9.17) is 0 Å². The minimum Gasteiger partial charge on any atom is -0.361 e. The Kier molecular flexibility index (Phi) is 3.72. The van der Waals surface area contributed by atoms with E-state index >= 15 is 0 Å². The van der Waals surface area contributed by atoms with E-state index < -0.39 is 5.41 Å². The van der Waals surface area contributed by atoms with Crippen LogP contribution < -0.4 is 5.32 Å². The second-order valence-corrected chi connectivity index (χ2v) is 6.57. The van der Waals surface area contributed by atoms with Gasteiger partial charge in [0.1, 0.15) is 0 Å². The number of carbonyl (C=O) groups excluding carboxylic acids is 1.